The summed E-state index contributed by atoms with van der Waals surface area (Å²) in [7, 11) is 0. The number of rotatable bonds is 5. The molecule has 2 aromatic rings. The standard InChI is InChI=1S/C13H17FN4S/c1-4-15-8(2)10-5-6-12(11(14)7-10)19-13-16-9(3)17-18-13/h5-8,15H,4H2,1-3H3,(H,16,17,18). The second kappa shape index (κ2) is 6.16. The molecule has 102 valence electrons. The zero-order valence-electron chi connectivity index (χ0n) is 11.2. The van der Waals surface area contributed by atoms with Crippen molar-refractivity contribution in [2.24, 2.45) is 0 Å². The third kappa shape index (κ3) is 3.54. The maximum absolute atomic E-state index is 14.0. The maximum Gasteiger partial charge on any atom is 0.213 e. The molecule has 2 rings (SSSR count). The molecule has 0 spiro atoms. The lowest BCUT2D eigenvalue weighted by atomic mass is 10.1. The summed E-state index contributed by atoms with van der Waals surface area (Å²) < 4.78 is 14.0. The highest BCUT2D eigenvalue weighted by atomic mass is 32.2. The molecule has 19 heavy (non-hydrogen) atoms. The summed E-state index contributed by atoms with van der Waals surface area (Å²) in [4.78, 5) is 4.69. The van der Waals surface area contributed by atoms with Crippen LogP contribution in [-0.2, 0) is 0 Å². The molecule has 0 aliphatic carbocycles. The first kappa shape index (κ1) is 14.0. The van der Waals surface area contributed by atoms with E-state index in [1.165, 1.54) is 11.8 Å². The number of halogens is 1. The lowest BCUT2D eigenvalue weighted by Crippen LogP contribution is -2.17. The molecule has 1 atom stereocenters. The average Bonchev–Trinajstić information content (AvgIpc) is 2.78. The first-order valence-corrected chi connectivity index (χ1v) is 7.01. The Bertz CT molecular complexity index is 555. The molecule has 0 saturated carbocycles. The predicted octanol–water partition coefficient (Wildman–Crippen LogP) is 3.07. The van der Waals surface area contributed by atoms with Crippen molar-refractivity contribution >= 4 is 11.8 Å². The molecule has 1 heterocycles. The number of benzene rings is 1. The first-order chi connectivity index (χ1) is 9.10. The van der Waals surface area contributed by atoms with Crippen LogP contribution in [0.1, 0.15) is 31.3 Å². The number of hydrogen-bond acceptors (Lipinski definition) is 4. The van der Waals surface area contributed by atoms with Crippen molar-refractivity contribution in [3.63, 3.8) is 0 Å². The van der Waals surface area contributed by atoms with Gasteiger partial charge in [0.2, 0.25) is 5.16 Å². The summed E-state index contributed by atoms with van der Waals surface area (Å²) in [5.74, 6) is 0.481. The van der Waals surface area contributed by atoms with Gasteiger partial charge in [-0.15, -0.1) is 5.10 Å². The van der Waals surface area contributed by atoms with Gasteiger partial charge >= 0.3 is 0 Å². The lowest BCUT2D eigenvalue weighted by Gasteiger charge is -2.13. The van der Waals surface area contributed by atoms with Gasteiger partial charge in [0.1, 0.15) is 11.6 Å². The van der Waals surface area contributed by atoms with Crippen molar-refractivity contribution in [2.45, 2.75) is 36.9 Å². The van der Waals surface area contributed by atoms with Gasteiger partial charge in [-0.2, -0.15) is 0 Å². The fourth-order valence-corrected chi connectivity index (χ4v) is 2.52. The monoisotopic (exact) mass is 280 g/mol. The largest absolute Gasteiger partial charge is 0.310 e. The summed E-state index contributed by atoms with van der Waals surface area (Å²) in [6.45, 7) is 6.72. The Morgan fingerprint density at radius 1 is 1.47 bits per heavy atom. The Balaban J connectivity index is 2.15. The van der Waals surface area contributed by atoms with Crippen LogP contribution in [0.15, 0.2) is 28.3 Å². The topological polar surface area (TPSA) is 53.6 Å². The quantitative estimate of drug-likeness (QED) is 0.883. The number of aryl methyl sites for hydroxylation is 1. The fraction of sp³-hybridized carbons (Fsp3) is 0.385. The van der Waals surface area contributed by atoms with Gasteiger partial charge in [-0.1, -0.05) is 13.0 Å². The van der Waals surface area contributed by atoms with E-state index in [2.05, 4.69) is 20.5 Å². The van der Waals surface area contributed by atoms with Crippen molar-refractivity contribution in [1.82, 2.24) is 20.5 Å². The van der Waals surface area contributed by atoms with Crippen LogP contribution in [0.4, 0.5) is 4.39 Å². The van der Waals surface area contributed by atoms with E-state index in [1.807, 2.05) is 26.8 Å². The van der Waals surface area contributed by atoms with Gasteiger partial charge in [0.25, 0.3) is 0 Å². The minimum atomic E-state index is -0.241. The van der Waals surface area contributed by atoms with Crippen molar-refractivity contribution in [2.75, 3.05) is 6.54 Å². The number of nitrogens with zero attached hydrogens (tertiary/aromatic N) is 2. The van der Waals surface area contributed by atoms with E-state index in [0.717, 1.165) is 17.9 Å². The zero-order chi connectivity index (χ0) is 13.8. The normalized spacial score (nSPS) is 12.6. The molecule has 0 aliphatic heterocycles. The number of aromatic amines is 1. The molecule has 1 aromatic carbocycles. The molecule has 1 unspecified atom stereocenters. The van der Waals surface area contributed by atoms with Crippen molar-refractivity contribution in [3.05, 3.63) is 35.4 Å². The molecule has 0 saturated heterocycles. The van der Waals surface area contributed by atoms with E-state index in [0.29, 0.717) is 10.1 Å². The van der Waals surface area contributed by atoms with Crippen molar-refractivity contribution in [3.8, 4) is 0 Å². The van der Waals surface area contributed by atoms with Gasteiger partial charge in [-0.05, 0) is 49.9 Å². The SMILES string of the molecule is CCNC(C)c1ccc(Sc2n[nH]c(C)n2)c(F)c1. The second-order valence-electron chi connectivity index (χ2n) is 4.27. The number of H-pyrrole nitrogens is 1. The van der Waals surface area contributed by atoms with Crippen LogP contribution in [0.5, 0.6) is 0 Å². The fourth-order valence-electron chi connectivity index (χ4n) is 1.76. The highest BCUT2D eigenvalue weighted by Crippen LogP contribution is 2.28. The molecule has 0 bridgehead atoms. The Hall–Kier alpha value is -1.40. The van der Waals surface area contributed by atoms with Gasteiger partial charge in [0.05, 0.1) is 4.90 Å². The Kier molecular flexibility index (Phi) is 4.55. The van der Waals surface area contributed by atoms with Gasteiger partial charge in [-0.25, -0.2) is 9.37 Å². The van der Waals surface area contributed by atoms with Gasteiger partial charge in [0, 0.05) is 6.04 Å². The van der Waals surface area contributed by atoms with Gasteiger partial charge < -0.3 is 5.32 Å². The third-order valence-corrected chi connectivity index (χ3v) is 3.66. The molecule has 6 heteroatoms. The molecule has 0 amide bonds. The van der Waals surface area contributed by atoms with E-state index in [-0.39, 0.29) is 11.9 Å². The van der Waals surface area contributed by atoms with E-state index >= 15 is 0 Å². The zero-order valence-corrected chi connectivity index (χ0v) is 12.0. The van der Waals surface area contributed by atoms with Crippen LogP contribution in [0.25, 0.3) is 0 Å². The predicted molar refractivity (Wildman–Crippen MR) is 73.7 cm³/mol. The second-order valence-corrected chi connectivity index (χ2v) is 5.28. The van der Waals surface area contributed by atoms with Crippen LogP contribution in [0.2, 0.25) is 0 Å². The van der Waals surface area contributed by atoms with Crippen LogP contribution in [0.3, 0.4) is 0 Å². The summed E-state index contributed by atoms with van der Waals surface area (Å²) in [5.41, 5.74) is 0.940. The van der Waals surface area contributed by atoms with Crippen molar-refractivity contribution in [1.29, 1.82) is 0 Å². The lowest BCUT2D eigenvalue weighted by molar-refractivity contribution is 0.572. The van der Waals surface area contributed by atoms with Crippen LogP contribution in [0, 0.1) is 12.7 Å². The molecule has 2 N–H and O–H groups in total. The molecule has 1 aromatic heterocycles. The minimum Gasteiger partial charge on any atom is -0.310 e. The molecule has 0 aliphatic rings. The van der Waals surface area contributed by atoms with E-state index in [4.69, 9.17) is 0 Å². The van der Waals surface area contributed by atoms with Crippen LogP contribution < -0.4 is 5.32 Å². The molecule has 4 nitrogen and oxygen atoms in total. The van der Waals surface area contributed by atoms with Crippen molar-refractivity contribution < 1.29 is 4.39 Å². The Labute approximate surface area is 116 Å². The highest BCUT2D eigenvalue weighted by molar-refractivity contribution is 7.99. The smallest absolute Gasteiger partial charge is 0.213 e. The summed E-state index contributed by atoms with van der Waals surface area (Å²) in [6.07, 6.45) is 0. The molecule has 0 radical (unpaired) electrons. The van der Waals surface area contributed by atoms with Crippen LogP contribution in [-0.4, -0.2) is 21.7 Å². The Morgan fingerprint density at radius 2 is 2.26 bits per heavy atom. The summed E-state index contributed by atoms with van der Waals surface area (Å²) >= 11 is 1.22. The molecule has 0 fully saturated rings. The Morgan fingerprint density at radius 3 is 2.84 bits per heavy atom. The minimum absolute atomic E-state index is 0.143. The maximum atomic E-state index is 14.0. The average molecular weight is 280 g/mol. The van der Waals surface area contributed by atoms with Gasteiger partial charge in [0.15, 0.2) is 0 Å². The highest BCUT2D eigenvalue weighted by Gasteiger charge is 2.11. The summed E-state index contributed by atoms with van der Waals surface area (Å²) in [5, 5.41) is 10.5. The molecular weight excluding hydrogens is 263 g/mol. The van der Waals surface area contributed by atoms with E-state index in [9.17, 15) is 4.39 Å². The van der Waals surface area contributed by atoms with Gasteiger partial charge in [-0.3, -0.25) is 5.10 Å². The number of hydrogen-bond donors (Lipinski definition) is 2. The van der Waals surface area contributed by atoms with E-state index < -0.39 is 0 Å². The number of nitrogens with one attached hydrogen (secondary N) is 2. The van der Waals surface area contributed by atoms with Crippen LogP contribution >= 0.6 is 11.8 Å². The first-order valence-electron chi connectivity index (χ1n) is 6.20. The van der Waals surface area contributed by atoms with E-state index in [1.54, 1.807) is 12.1 Å². The molecular formula is C13H17FN4S. The summed E-state index contributed by atoms with van der Waals surface area (Å²) in [6, 6.07) is 5.41. The number of aromatic nitrogens is 3. The third-order valence-electron chi connectivity index (χ3n) is 2.74.